The van der Waals surface area contributed by atoms with Gasteiger partial charge in [0.1, 0.15) is 0 Å². The Balaban J connectivity index is 2.57. The van der Waals surface area contributed by atoms with Gasteiger partial charge in [-0.15, -0.1) is 0 Å². The van der Waals surface area contributed by atoms with Crippen LogP contribution in [0.4, 0.5) is 0 Å². The fourth-order valence-corrected chi connectivity index (χ4v) is 1.36. The molecule has 0 saturated carbocycles. The van der Waals surface area contributed by atoms with Gasteiger partial charge in [-0.1, -0.05) is 0 Å². The molecule has 0 radical (unpaired) electrons. The van der Waals surface area contributed by atoms with Crippen molar-refractivity contribution in [2.75, 3.05) is 0 Å². The summed E-state index contributed by atoms with van der Waals surface area (Å²) in [5.41, 5.74) is 2.40. The van der Waals surface area contributed by atoms with E-state index in [0.29, 0.717) is 5.65 Å². The van der Waals surface area contributed by atoms with Gasteiger partial charge >= 0.3 is 0 Å². The molecule has 1 N–H and O–H groups in total. The predicted octanol–water partition coefficient (Wildman–Crippen LogP) is 1.51. The highest BCUT2D eigenvalue weighted by Crippen LogP contribution is 2.13. The van der Waals surface area contributed by atoms with E-state index in [1.165, 1.54) is 0 Å². The molecule has 4 nitrogen and oxygen atoms in total. The van der Waals surface area contributed by atoms with Crippen LogP contribution in [0.1, 0.15) is 0 Å². The second kappa shape index (κ2) is 2.26. The van der Waals surface area contributed by atoms with Crippen LogP contribution >= 0.6 is 0 Å². The molecule has 62 valence electrons. The summed E-state index contributed by atoms with van der Waals surface area (Å²) >= 11 is 0. The van der Waals surface area contributed by atoms with Crippen LogP contribution in [-0.2, 0) is 0 Å². The lowest BCUT2D eigenvalue weighted by Gasteiger charge is -1.93. The Hall–Kier alpha value is -1.97. The zero-order valence-corrected chi connectivity index (χ0v) is 6.73. The first kappa shape index (κ1) is 6.54. The summed E-state index contributed by atoms with van der Waals surface area (Å²) in [5, 5.41) is 1.03. The minimum atomic E-state index is 0.714. The van der Waals surface area contributed by atoms with E-state index in [-0.39, 0.29) is 0 Å². The Bertz CT molecular complexity index is 520. The summed E-state index contributed by atoms with van der Waals surface area (Å²) in [7, 11) is 0. The fourth-order valence-electron chi connectivity index (χ4n) is 1.36. The summed E-state index contributed by atoms with van der Waals surface area (Å²) < 4.78 is 0. The zero-order valence-electron chi connectivity index (χ0n) is 6.73. The first-order chi connectivity index (χ1) is 6.43. The monoisotopic (exact) mass is 170 g/mol. The van der Waals surface area contributed by atoms with E-state index >= 15 is 0 Å². The van der Waals surface area contributed by atoms with E-state index in [9.17, 15) is 0 Å². The predicted molar refractivity (Wildman–Crippen MR) is 49.2 cm³/mol. The standard InChI is InChI=1S/C9H6N4/c1-2-6-4-7-9(12-5-11-7)13-8(6)10-3-1/h1-5H,(H,10,11,12,13). The minimum Gasteiger partial charge on any atom is -0.343 e. The van der Waals surface area contributed by atoms with Crippen molar-refractivity contribution in [1.29, 1.82) is 0 Å². The van der Waals surface area contributed by atoms with Crippen molar-refractivity contribution in [2.45, 2.75) is 0 Å². The van der Waals surface area contributed by atoms with Crippen molar-refractivity contribution in [3.8, 4) is 0 Å². The van der Waals surface area contributed by atoms with Gasteiger partial charge in [-0.3, -0.25) is 0 Å². The summed E-state index contributed by atoms with van der Waals surface area (Å²) in [6.07, 6.45) is 3.37. The number of hydrogen-bond donors (Lipinski definition) is 1. The lowest BCUT2D eigenvalue weighted by Crippen LogP contribution is -1.83. The van der Waals surface area contributed by atoms with E-state index in [1.807, 2.05) is 18.2 Å². The molecule has 0 spiro atoms. The summed E-state index contributed by atoms with van der Waals surface area (Å²) in [5.74, 6) is 0. The molecular weight excluding hydrogens is 164 g/mol. The maximum atomic E-state index is 4.28. The van der Waals surface area contributed by atoms with Crippen molar-refractivity contribution < 1.29 is 0 Å². The molecule has 3 heterocycles. The minimum absolute atomic E-state index is 0.714. The molecule has 0 aliphatic carbocycles. The van der Waals surface area contributed by atoms with Crippen LogP contribution in [0.3, 0.4) is 0 Å². The van der Waals surface area contributed by atoms with Gasteiger partial charge in [0, 0.05) is 11.6 Å². The largest absolute Gasteiger partial charge is 0.343 e. The Morgan fingerprint density at radius 1 is 1.15 bits per heavy atom. The Labute approximate surface area is 73.7 Å². The molecule has 3 aromatic heterocycles. The number of aromatic amines is 1. The topological polar surface area (TPSA) is 54.5 Å². The summed E-state index contributed by atoms with van der Waals surface area (Å²) in [4.78, 5) is 15.5. The molecule has 0 atom stereocenters. The van der Waals surface area contributed by atoms with Crippen LogP contribution in [-0.4, -0.2) is 19.9 Å². The van der Waals surface area contributed by atoms with E-state index in [0.717, 1.165) is 16.6 Å². The van der Waals surface area contributed by atoms with Gasteiger partial charge < -0.3 is 4.98 Å². The van der Waals surface area contributed by atoms with Gasteiger partial charge in [0.15, 0.2) is 11.3 Å². The first-order valence-electron chi connectivity index (χ1n) is 3.98. The molecule has 4 heteroatoms. The van der Waals surface area contributed by atoms with E-state index in [4.69, 9.17) is 0 Å². The molecule has 0 amide bonds. The number of nitrogens with zero attached hydrogens (tertiary/aromatic N) is 3. The van der Waals surface area contributed by atoms with Gasteiger partial charge in [-0.25, -0.2) is 15.0 Å². The Kier molecular flexibility index (Phi) is 1.14. The molecule has 3 aromatic rings. The number of imidazole rings is 1. The molecular formula is C9H6N4. The van der Waals surface area contributed by atoms with E-state index in [2.05, 4.69) is 19.9 Å². The second-order valence-electron chi connectivity index (χ2n) is 2.81. The molecule has 0 aliphatic heterocycles. The SMILES string of the molecule is c1cnc2nc3nc[nH]c3cc2c1. The number of hydrogen-bond acceptors (Lipinski definition) is 3. The quantitative estimate of drug-likeness (QED) is 0.556. The highest BCUT2D eigenvalue weighted by molar-refractivity contribution is 5.86. The van der Waals surface area contributed by atoms with Crippen LogP contribution in [0.15, 0.2) is 30.7 Å². The number of aromatic nitrogens is 4. The lowest BCUT2D eigenvalue weighted by molar-refractivity contribution is 1.28. The van der Waals surface area contributed by atoms with Crippen LogP contribution in [0.25, 0.3) is 22.2 Å². The van der Waals surface area contributed by atoms with Crippen LogP contribution in [0.5, 0.6) is 0 Å². The average molecular weight is 170 g/mol. The molecule has 0 aromatic carbocycles. The van der Waals surface area contributed by atoms with Gasteiger partial charge in [0.25, 0.3) is 0 Å². The van der Waals surface area contributed by atoms with Crippen LogP contribution in [0.2, 0.25) is 0 Å². The van der Waals surface area contributed by atoms with Gasteiger partial charge in [0.05, 0.1) is 11.8 Å². The zero-order chi connectivity index (χ0) is 8.67. The van der Waals surface area contributed by atoms with Crippen molar-refractivity contribution in [1.82, 2.24) is 19.9 Å². The molecule has 0 aliphatic rings. The molecule has 0 fully saturated rings. The smallest absolute Gasteiger partial charge is 0.179 e. The molecule has 0 bridgehead atoms. The van der Waals surface area contributed by atoms with Crippen LogP contribution in [0, 0.1) is 0 Å². The molecule has 0 saturated heterocycles. The normalized spacial score (nSPS) is 11.1. The summed E-state index contributed by atoms with van der Waals surface area (Å²) in [6, 6.07) is 5.87. The number of pyridine rings is 2. The molecule has 0 unspecified atom stereocenters. The second-order valence-corrected chi connectivity index (χ2v) is 2.81. The third-order valence-corrected chi connectivity index (χ3v) is 1.98. The third-order valence-electron chi connectivity index (χ3n) is 1.98. The highest BCUT2D eigenvalue weighted by Gasteiger charge is 2.00. The first-order valence-corrected chi connectivity index (χ1v) is 3.98. The van der Waals surface area contributed by atoms with Crippen molar-refractivity contribution >= 4 is 22.2 Å². The highest BCUT2D eigenvalue weighted by atomic mass is 15.0. The van der Waals surface area contributed by atoms with Crippen molar-refractivity contribution in [2.24, 2.45) is 0 Å². The van der Waals surface area contributed by atoms with Gasteiger partial charge in [-0.05, 0) is 18.2 Å². The van der Waals surface area contributed by atoms with Gasteiger partial charge in [-0.2, -0.15) is 0 Å². The maximum absolute atomic E-state index is 4.28. The van der Waals surface area contributed by atoms with Crippen molar-refractivity contribution in [3.05, 3.63) is 30.7 Å². The molecule has 3 rings (SSSR count). The number of nitrogens with one attached hydrogen (secondary N) is 1. The van der Waals surface area contributed by atoms with Crippen molar-refractivity contribution in [3.63, 3.8) is 0 Å². The lowest BCUT2D eigenvalue weighted by atomic mass is 10.3. The Morgan fingerprint density at radius 2 is 2.15 bits per heavy atom. The maximum Gasteiger partial charge on any atom is 0.179 e. The number of rotatable bonds is 0. The third kappa shape index (κ3) is 0.885. The Morgan fingerprint density at radius 3 is 3.15 bits per heavy atom. The average Bonchev–Trinajstić information content (AvgIpc) is 2.61. The fraction of sp³-hybridized carbons (Fsp3) is 0. The number of fused-ring (bicyclic) bond motifs is 2. The molecule has 13 heavy (non-hydrogen) atoms. The van der Waals surface area contributed by atoms with Crippen LogP contribution < -0.4 is 0 Å². The van der Waals surface area contributed by atoms with Gasteiger partial charge in [0.2, 0.25) is 0 Å². The van der Waals surface area contributed by atoms with E-state index < -0.39 is 0 Å². The summed E-state index contributed by atoms with van der Waals surface area (Å²) in [6.45, 7) is 0. The van der Waals surface area contributed by atoms with E-state index in [1.54, 1.807) is 12.5 Å². The number of H-pyrrole nitrogens is 1.